The van der Waals surface area contributed by atoms with Gasteiger partial charge >= 0.3 is 0 Å². The molecule has 44 heavy (non-hydrogen) atoms. The molecule has 3 unspecified atom stereocenters. The molecule has 0 bridgehead atoms. The van der Waals surface area contributed by atoms with Crippen LogP contribution in [0.5, 0.6) is 11.5 Å². The van der Waals surface area contributed by atoms with Crippen molar-refractivity contribution in [2.75, 3.05) is 25.8 Å². The van der Waals surface area contributed by atoms with Crippen LogP contribution in [0.1, 0.15) is 68.1 Å². The zero-order chi connectivity index (χ0) is 31.6. The molecule has 2 amide bonds. The van der Waals surface area contributed by atoms with Crippen LogP contribution in [0.15, 0.2) is 28.6 Å². The molecule has 1 saturated carbocycles. The Labute approximate surface area is 253 Å². The maximum absolute atomic E-state index is 13.8. The molecule has 0 spiro atoms. The Kier molecular flexibility index (Phi) is 7.30. The van der Waals surface area contributed by atoms with Crippen LogP contribution in [0.4, 0.5) is 5.69 Å². The predicted molar refractivity (Wildman–Crippen MR) is 159 cm³/mol. The lowest BCUT2D eigenvalue weighted by Gasteiger charge is -2.56. The van der Waals surface area contributed by atoms with E-state index in [1.165, 1.54) is 7.11 Å². The summed E-state index contributed by atoms with van der Waals surface area (Å²) in [4.78, 5) is 50.1. The lowest BCUT2D eigenvalue weighted by molar-refractivity contribution is -0.130. The first-order chi connectivity index (χ1) is 20.9. The number of aldehydes is 1. The third-order valence-corrected chi connectivity index (χ3v) is 9.12. The number of pyridine rings is 1. The van der Waals surface area contributed by atoms with E-state index < -0.39 is 35.0 Å². The number of aliphatic hydroxyl groups excluding tert-OH is 1. The number of nitrogens with one attached hydrogen (secondary N) is 3. The Bertz CT molecular complexity index is 1660. The van der Waals surface area contributed by atoms with Crippen molar-refractivity contribution in [1.29, 1.82) is 0 Å². The largest absolute Gasteiger partial charge is 0.454 e. The van der Waals surface area contributed by atoms with Gasteiger partial charge in [-0.3, -0.25) is 14.4 Å². The normalized spacial score (nSPS) is 25.5. The number of methoxy groups -OCH3 is 1. The van der Waals surface area contributed by atoms with Gasteiger partial charge in [-0.15, -0.1) is 0 Å². The summed E-state index contributed by atoms with van der Waals surface area (Å²) >= 11 is 0. The van der Waals surface area contributed by atoms with Gasteiger partial charge in [0.05, 0.1) is 19.2 Å². The van der Waals surface area contributed by atoms with Gasteiger partial charge in [0.15, 0.2) is 17.8 Å². The summed E-state index contributed by atoms with van der Waals surface area (Å²) in [6, 6.07) is 4.40. The number of benzene rings is 1. The molecule has 6 rings (SSSR count). The molecule has 234 valence electrons. The summed E-state index contributed by atoms with van der Waals surface area (Å²) in [7, 11) is 1.45. The summed E-state index contributed by atoms with van der Waals surface area (Å²) in [6.07, 6.45) is 0.122. The zero-order valence-corrected chi connectivity index (χ0v) is 25.1. The van der Waals surface area contributed by atoms with E-state index in [1.54, 1.807) is 17.6 Å². The van der Waals surface area contributed by atoms with Crippen molar-refractivity contribution in [3.8, 4) is 11.5 Å². The van der Waals surface area contributed by atoms with Crippen molar-refractivity contribution in [1.82, 2.24) is 15.2 Å². The first kappa shape index (κ1) is 29.9. The minimum atomic E-state index is -1.47. The minimum Gasteiger partial charge on any atom is -0.454 e. The zero-order valence-electron chi connectivity index (χ0n) is 25.1. The molecule has 3 atom stereocenters. The average molecular weight is 608 g/mol. The Morgan fingerprint density at radius 3 is 2.61 bits per heavy atom. The molecule has 13 nitrogen and oxygen atoms in total. The molecular formula is C31H37N5O8. The summed E-state index contributed by atoms with van der Waals surface area (Å²) in [5.74, 6) is 0.517. The van der Waals surface area contributed by atoms with E-state index in [4.69, 9.17) is 19.9 Å². The van der Waals surface area contributed by atoms with Crippen molar-refractivity contribution in [3.63, 3.8) is 0 Å². The van der Waals surface area contributed by atoms with Crippen LogP contribution in [0.25, 0.3) is 5.57 Å². The van der Waals surface area contributed by atoms with Gasteiger partial charge in [0.1, 0.15) is 12.1 Å². The number of amides is 2. The third-order valence-electron chi connectivity index (χ3n) is 9.12. The number of hydrogen-bond donors (Lipinski definition) is 5. The number of fused-ring (bicyclic) bond motifs is 5. The molecule has 1 aliphatic carbocycles. The molecule has 0 saturated heterocycles. The molecule has 0 radical (unpaired) electrons. The maximum Gasteiger partial charge on any atom is 0.257 e. The van der Waals surface area contributed by atoms with Crippen LogP contribution in [0.2, 0.25) is 0 Å². The minimum absolute atomic E-state index is 0.0507. The molecular weight excluding hydrogens is 570 g/mol. The van der Waals surface area contributed by atoms with Crippen molar-refractivity contribution >= 4 is 29.4 Å². The number of ether oxygens (including phenoxy) is 3. The second kappa shape index (κ2) is 10.8. The Morgan fingerprint density at radius 2 is 1.95 bits per heavy atom. The van der Waals surface area contributed by atoms with Gasteiger partial charge in [-0.2, -0.15) is 0 Å². The number of aromatic nitrogens is 1. The number of carbonyl (C=O) groups excluding carboxylic acids is 3. The first-order valence-corrected chi connectivity index (χ1v) is 14.6. The van der Waals surface area contributed by atoms with E-state index in [1.807, 2.05) is 19.1 Å². The SMILES string of the molecule is COCc1c(C(O)C=O)cc2n(c1=O)CC1=C(C3(C)CC(C)(NC(=O)C(C)NC(=O)CN)C3)c3cc4c(cc3NC12)OCO4. The number of nitrogens with two attached hydrogens (primary N) is 1. The number of allylic oxidation sites excluding steroid dienone is 1. The van der Waals surface area contributed by atoms with Gasteiger partial charge < -0.3 is 50.4 Å². The van der Waals surface area contributed by atoms with Crippen LogP contribution in [0, 0.1) is 5.41 Å². The molecule has 4 aliphatic rings. The van der Waals surface area contributed by atoms with Crippen LogP contribution in [0.3, 0.4) is 0 Å². The van der Waals surface area contributed by atoms with E-state index in [2.05, 4.69) is 22.9 Å². The van der Waals surface area contributed by atoms with Crippen LogP contribution in [-0.4, -0.2) is 59.8 Å². The molecule has 2 aromatic rings. The Hall–Kier alpha value is -4.20. The van der Waals surface area contributed by atoms with E-state index >= 15 is 0 Å². The van der Waals surface area contributed by atoms with Gasteiger partial charge in [0.2, 0.25) is 18.6 Å². The van der Waals surface area contributed by atoms with Crippen LogP contribution in [-0.2, 0) is 32.3 Å². The fraction of sp³-hybridized carbons (Fsp3) is 0.484. The van der Waals surface area contributed by atoms with Crippen LogP contribution >= 0.6 is 0 Å². The number of aliphatic hydroxyl groups is 1. The van der Waals surface area contributed by atoms with E-state index in [-0.39, 0.29) is 42.5 Å². The lowest BCUT2D eigenvalue weighted by atomic mass is 9.53. The topological polar surface area (TPSA) is 183 Å². The average Bonchev–Trinajstić information content (AvgIpc) is 3.58. The molecule has 1 fully saturated rings. The number of carbonyl (C=O) groups is 3. The summed E-state index contributed by atoms with van der Waals surface area (Å²) in [5.41, 5.74) is 8.93. The van der Waals surface area contributed by atoms with Gasteiger partial charge in [-0.1, -0.05) is 6.92 Å². The maximum atomic E-state index is 13.8. The fourth-order valence-electron chi connectivity index (χ4n) is 7.60. The summed E-state index contributed by atoms with van der Waals surface area (Å²) < 4.78 is 18.3. The van der Waals surface area contributed by atoms with E-state index in [9.17, 15) is 24.3 Å². The highest BCUT2D eigenvalue weighted by Gasteiger charge is 2.55. The number of hydrogen-bond acceptors (Lipinski definition) is 10. The smallest absolute Gasteiger partial charge is 0.257 e. The van der Waals surface area contributed by atoms with Gasteiger partial charge in [-0.05, 0) is 55.4 Å². The first-order valence-electron chi connectivity index (χ1n) is 14.6. The van der Waals surface area contributed by atoms with Crippen molar-refractivity contribution in [2.45, 2.75) is 70.5 Å². The molecule has 13 heteroatoms. The Balaban J connectivity index is 1.41. The predicted octanol–water partition coefficient (Wildman–Crippen LogP) is 1.03. The van der Waals surface area contributed by atoms with Crippen molar-refractivity contribution in [2.24, 2.45) is 11.1 Å². The molecule has 1 aromatic heterocycles. The van der Waals surface area contributed by atoms with E-state index in [0.717, 1.165) is 22.4 Å². The second-order valence-electron chi connectivity index (χ2n) is 12.6. The highest BCUT2D eigenvalue weighted by atomic mass is 16.7. The fourth-order valence-corrected chi connectivity index (χ4v) is 7.60. The lowest BCUT2D eigenvalue weighted by Crippen LogP contribution is -2.62. The molecule has 3 aliphatic heterocycles. The summed E-state index contributed by atoms with van der Waals surface area (Å²) in [6.45, 7) is 5.89. The number of rotatable bonds is 9. The molecule has 6 N–H and O–H groups in total. The van der Waals surface area contributed by atoms with Crippen molar-refractivity contribution < 1.29 is 33.7 Å². The third kappa shape index (κ3) is 4.75. The van der Waals surface area contributed by atoms with Crippen molar-refractivity contribution in [3.05, 3.63) is 56.5 Å². The quantitative estimate of drug-likeness (QED) is 0.258. The van der Waals surface area contributed by atoms with Gasteiger partial charge in [0.25, 0.3) is 5.56 Å². The standard InChI is InChI=1S/C31H37N5O8/c1-15(33-25(39)8-32)28(40)35-31(3)12-30(2,13-31)26-17-6-23-24(44-14-43-23)7-20(17)34-27-18(26)9-36-21(27)5-16(22(38)10-37)19(11-42-4)29(36)41/h5-7,10,15,22,27,34,38H,8-9,11-14,32H2,1-4H3,(H,33,39)(H,35,40). The second-order valence-corrected chi connectivity index (χ2v) is 12.6. The summed E-state index contributed by atoms with van der Waals surface area (Å²) in [5, 5.41) is 19.8. The highest BCUT2D eigenvalue weighted by Crippen LogP contribution is 2.62. The van der Waals surface area contributed by atoms with Crippen LogP contribution < -0.4 is 36.7 Å². The van der Waals surface area contributed by atoms with Gasteiger partial charge in [-0.25, -0.2) is 0 Å². The number of anilines is 1. The highest BCUT2D eigenvalue weighted by molar-refractivity contribution is 5.90. The Morgan fingerprint density at radius 1 is 1.25 bits per heavy atom. The molecule has 4 heterocycles. The van der Waals surface area contributed by atoms with E-state index in [0.29, 0.717) is 42.9 Å². The number of nitrogens with zero attached hydrogens (tertiary/aromatic N) is 1. The monoisotopic (exact) mass is 607 g/mol. The van der Waals surface area contributed by atoms with Gasteiger partial charge in [0, 0.05) is 53.3 Å². The molecule has 1 aromatic carbocycles.